The second-order valence-corrected chi connectivity index (χ2v) is 14.2. The van der Waals surface area contributed by atoms with Crippen molar-refractivity contribution in [1.29, 1.82) is 0 Å². The van der Waals surface area contributed by atoms with E-state index in [1.165, 1.54) is 70.6 Å². The highest BCUT2D eigenvalue weighted by atomic mass is 31.2. The minimum Gasteiger partial charge on any atom is -0.462 e. The van der Waals surface area contributed by atoms with Crippen LogP contribution in [0.4, 0.5) is 0 Å². The second kappa shape index (κ2) is 35.3. The van der Waals surface area contributed by atoms with Gasteiger partial charge in [-0.1, -0.05) is 122 Å². The number of hydrogen-bond acceptors (Lipinski definition) is 8. The number of nitrogens with two attached hydrogens (primary N) is 1. The molecule has 0 fully saturated rings. The van der Waals surface area contributed by atoms with E-state index in [0.717, 1.165) is 70.6 Å². The number of unbranched alkanes of at least 4 members (excludes halogenated alkanes) is 19. The van der Waals surface area contributed by atoms with Gasteiger partial charge in [-0.25, -0.2) is 4.57 Å². The molecule has 0 bridgehead atoms. The fourth-order valence-corrected chi connectivity index (χ4v) is 5.92. The molecule has 9 nitrogen and oxygen atoms in total. The molecule has 0 aromatic rings. The minimum atomic E-state index is -4.37. The summed E-state index contributed by atoms with van der Waals surface area (Å²) in [4.78, 5) is 34.7. The summed E-state index contributed by atoms with van der Waals surface area (Å²) >= 11 is 0. The lowest BCUT2D eigenvalue weighted by molar-refractivity contribution is -0.161. The van der Waals surface area contributed by atoms with Crippen LogP contribution < -0.4 is 5.73 Å². The molecule has 0 rings (SSSR count). The Morgan fingerprint density at radius 3 is 1.50 bits per heavy atom. The third-order valence-corrected chi connectivity index (χ3v) is 9.04. The zero-order valence-electron chi connectivity index (χ0n) is 30.7. The average molecular weight is 702 g/mol. The van der Waals surface area contributed by atoms with Crippen LogP contribution in [0.3, 0.4) is 0 Å². The van der Waals surface area contributed by atoms with Gasteiger partial charge in [0.2, 0.25) is 0 Å². The Bertz CT molecular complexity index is 851. The summed E-state index contributed by atoms with van der Waals surface area (Å²) in [5.41, 5.74) is 5.33. The van der Waals surface area contributed by atoms with E-state index in [1.54, 1.807) is 0 Å². The number of carbonyl (C=O) groups is 2. The normalized spacial score (nSPS) is 13.7. The van der Waals surface area contributed by atoms with Crippen molar-refractivity contribution >= 4 is 19.8 Å². The summed E-state index contributed by atoms with van der Waals surface area (Å²) in [5.74, 6) is -0.848. The highest BCUT2D eigenvalue weighted by molar-refractivity contribution is 7.47. The summed E-state index contributed by atoms with van der Waals surface area (Å²) in [7, 11) is -4.37. The molecule has 1 unspecified atom stereocenters. The van der Waals surface area contributed by atoms with Gasteiger partial charge in [-0.15, -0.1) is 0 Å². The maximum Gasteiger partial charge on any atom is 0.472 e. The first-order valence-corrected chi connectivity index (χ1v) is 20.8. The largest absolute Gasteiger partial charge is 0.472 e. The van der Waals surface area contributed by atoms with E-state index in [-0.39, 0.29) is 32.6 Å². The van der Waals surface area contributed by atoms with Crippen molar-refractivity contribution in [3.63, 3.8) is 0 Å². The number of carbonyl (C=O) groups excluding carboxylic acids is 2. The van der Waals surface area contributed by atoms with Gasteiger partial charge in [-0.05, 0) is 64.2 Å². The highest BCUT2D eigenvalue weighted by Gasteiger charge is 2.25. The van der Waals surface area contributed by atoms with Crippen LogP contribution in [0.2, 0.25) is 0 Å². The quantitative estimate of drug-likeness (QED) is 0.0283. The van der Waals surface area contributed by atoms with Crippen molar-refractivity contribution in [3.05, 3.63) is 24.3 Å². The number of hydrogen-bond donors (Lipinski definition) is 2. The molecule has 0 aliphatic heterocycles. The van der Waals surface area contributed by atoms with E-state index in [1.807, 2.05) is 0 Å². The molecule has 3 N–H and O–H groups in total. The van der Waals surface area contributed by atoms with Crippen LogP contribution in [-0.4, -0.2) is 49.3 Å². The minimum absolute atomic E-state index is 0.0517. The van der Waals surface area contributed by atoms with Gasteiger partial charge in [-0.2, -0.15) is 0 Å². The summed E-state index contributed by atoms with van der Waals surface area (Å²) in [6.07, 6.45) is 34.9. The Kier molecular flexibility index (Phi) is 34.2. The standard InChI is InChI=1S/C38H72NO8P/c1-3-5-7-9-11-13-15-17-19-20-22-24-26-28-30-37(40)44-34-36(35-46-48(42,43)45-33-32-39)47-38(41)31-29-27-25-23-21-18-16-14-12-10-8-6-4-2/h14-17,36H,3-13,18-35,39H2,1-2H3,(H,42,43)/b16-14+,17-15+/t36-/m1/s1. The first kappa shape index (κ1) is 46.5. The van der Waals surface area contributed by atoms with E-state index in [0.29, 0.717) is 6.42 Å². The number of ether oxygens (including phenoxy) is 2. The predicted octanol–water partition coefficient (Wildman–Crippen LogP) is 10.4. The molecule has 282 valence electrons. The van der Waals surface area contributed by atoms with Gasteiger partial charge in [0.05, 0.1) is 13.2 Å². The maximum absolute atomic E-state index is 12.5. The SMILES string of the molecule is CCCCCC/C=C/CCCCCCCC(=O)O[C@H](COC(=O)CCCCCCC/C=C/CCCCCCC)COP(=O)(O)OCCN. The molecule has 0 amide bonds. The predicted molar refractivity (Wildman–Crippen MR) is 197 cm³/mol. The number of rotatable bonds is 36. The van der Waals surface area contributed by atoms with Crippen LogP contribution in [0.15, 0.2) is 24.3 Å². The van der Waals surface area contributed by atoms with Gasteiger partial charge in [-0.3, -0.25) is 18.6 Å². The number of allylic oxidation sites excluding steroid dienone is 4. The Labute approximate surface area is 293 Å². The second-order valence-electron chi connectivity index (χ2n) is 12.8. The lowest BCUT2D eigenvalue weighted by Crippen LogP contribution is -2.29. The van der Waals surface area contributed by atoms with Gasteiger partial charge in [0.1, 0.15) is 6.61 Å². The fourth-order valence-electron chi connectivity index (χ4n) is 5.15. The van der Waals surface area contributed by atoms with Gasteiger partial charge < -0.3 is 20.1 Å². The number of phosphoric ester groups is 1. The summed E-state index contributed by atoms with van der Waals surface area (Å²) in [5, 5.41) is 0. The highest BCUT2D eigenvalue weighted by Crippen LogP contribution is 2.43. The Hall–Kier alpha value is -1.51. The zero-order valence-corrected chi connectivity index (χ0v) is 31.6. The topological polar surface area (TPSA) is 134 Å². The van der Waals surface area contributed by atoms with Crippen molar-refractivity contribution in [2.24, 2.45) is 5.73 Å². The maximum atomic E-state index is 12.5. The molecule has 0 aliphatic rings. The van der Waals surface area contributed by atoms with E-state index in [9.17, 15) is 19.0 Å². The molecular weight excluding hydrogens is 629 g/mol. The van der Waals surface area contributed by atoms with Crippen molar-refractivity contribution in [3.8, 4) is 0 Å². The van der Waals surface area contributed by atoms with Crippen molar-refractivity contribution in [2.75, 3.05) is 26.4 Å². The van der Waals surface area contributed by atoms with E-state index >= 15 is 0 Å². The zero-order chi connectivity index (χ0) is 35.4. The summed E-state index contributed by atoms with van der Waals surface area (Å²) < 4.78 is 32.6. The lowest BCUT2D eigenvalue weighted by Gasteiger charge is -2.19. The molecule has 0 aliphatic carbocycles. The molecule has 0 heterocycles. The van der Waals surface area contributed by atoms with Crippen molar-refractivity contribution < 1.29 is 37.6 Å². The molecule has 2 atom stereocenters. The molecule has 48 heavy (non-hydrogen) atoms. The van der Waals surface area contributed by atoms with E-state index in [2.05, 4.69) is 38.2 Å². The van der Waals surface area contributed by atoms with Crippen molar-refractivity contribution in [2.45, 2.75) is 180 Å². The van der Waals surface area contributed by atoms with Gasteiger partial charge in [0.15, 0.2) is 6.10 Å². The fraction of sp³-hybridized carbons (Fsp3) is 0.842. The van der Waals surface area contributed by atoms with Crippen LogP contribution in [-0.2, 0) is 32.7 Å². The number of phosphoric acid groups is 1. The molecule has 0 aromatic heterocycles. The first-order valence-electron chi connectivity index (χ1n) is 19.3. The molecule has 0 saturated heterocycles. The number of esters is 2. The van der Waals surface area contributed by atoms with E-state index in [4.69, 9.17) is 24.3 Å². The first-order chi connectivity index (χ1) is 23.3. The Balaban J connectivity index is 4.24. The molecular formula is C38H72NO8P. The van der Waals surface area contributed by atoms with Crippen LogP contribution in [0.25, 0.3) is 0 Å². The monoisotopic (exact) mass is 701 g/mol. The molecule has 0 saturated carbocycles. The van der Waals surface area contributed by atoms with Crippen LogP contribution in [0.5, 0.6) is 0 Å². The van der Waals surface area contributed by atoms with E-state index < -0.39 is 32.5 Å². The smallest absolute Gasteiger partial charge is 0.462 e. The third kappa shape index (κ3) is 34.4. The molecule has 0 spiro atoms. The van der Waals surface area contributed by atoms with Gasteiger partial charge >= 0.3 is 19.8 Å². The summed E-state index contributed by atoms with van der Waals surface area (Å²) in [6.45, 7) is 3.68. The Morgan fingerprint density at radius 1 is 0.604 bits per heavy atom. The van der Waals surface area contributed by atoms with Crippen LogP contribution >= 0.6 is 7.82 Å². The van der Waals surface area contributed by atoms with Gasteiger partial charge in [0, 0.05) is 19.4 Å². The van der Waals surface area contributed by atoms with Crippen molar-refractivity contribution in [1.82, 2.24) is 0 Å². The Morgan fingerprint density at radius 2 is 1.02 bits per heavy atom. The third-order valence-electron chi connectivity index (χ3n) is 8.06. The van der Waals surface area contributed by atoms with Crippen LogP contribution in [0.1, 0.15) is 174 Å². The lowest BCUT2D eigenvalue weighted by atomic mass is 10.1. The van der Waals surface area contributed by atoms with Crippen LogP contribution in [0, 0.1) is 0 Å². The average Bonchev–Trinajstić information content (AvgIpc) is 3.07. The van der Waals surface area contributed by atoms with Gasteiger partial charge in [0.25, 0.3) is 0 Å². The molecule has 10 heteroatoms. The molecule has 0 aromatic carbocycles. The summed E-state index contributed by atoms with van der Waals surface area (Å²) in [6, 6.07) is 0. The molecule has 0 radical (unpaired) electrons.